The molecule has 0 aromatic carbocycles. The van der Waals surface area contributed by atoms with Gasteiger partial charge in [0.15, 0.2) is 0 Å². The zero-order valence-electron chi connectivity index (χ0n) is 6.00. The van der Waals surface area contributed by atoms with Crippen LogP contribution in [0.4, 0.5) is 0 Å². The Morgan fingerprint density at radius 2 is 2.60 bits per heavy atom. The normalized spacial score (nSPS) is 13.4. The van der Waals surface area contributed by atoms with Crippen LogP contribution in [0, 0.1) is 0 Å². The lowest BCUT2D eigenvalue weighted by atomic mass is 10.1. The Morgan fingerprint density at radius 3 is 3.00 bits per heavy atom. The van der Waals surface area contributed by atoms with Gasteiger partial charge < -0.3 is 4.42 Å². The molecule has 0 radical (unpaired) electrons. The molecule has 1 unspecified atom stereocenters. The van der Waals surface area contributed by atoms with Crippen LogP contribution in [0.2, 0.25) is 0 Å². The van der Waals surface area contributed by atoms with E-state index < -0.39 is 0 Å². The maximum absolute atomic E-state index is 5.28. The Labute approximate surface area is 60.2 Å². The van der Waals surface area contributed by atoms with Crippen molar-refractivity contribution in [3.8, 4) is 0 Å². The van der Waals surface area contributed by atoms with Crippen molar-refractivity contribution in [1.29, 1.82) is 0 Å². The van der Waals surface area contributed by atoms with E-state index in [2.05, 4.69) is 12.3 Å². The largest absolute Gasteiger partial charge is 0.472 e. The van der Waals surface area contributed by atoms with Crippen molar-refractivity contribution in [2.45, 2.75) is 19.4 Å². The third-order valence-corrected chi connectivity index (χ3v) is 1.55. The van der Waals surface area contributed by atoms with Gasteiger partial charge in [-0.1, -0.05) is 6.92 Å². The molecule has 0 saturated heterocycles. The molecule has 0 aliphatic carbocycles. The van der Waals surface area contributed by atoms with Gasteiger partial charge >= 0.3 is 0 Å². The molecule has 3 nitrogen and oxygen atoms in total. The van der Waals surface area contributed by atoms with E-state index in [0.717, 1.165) is 12.0 Å². The molecule has 3 N–H and O–H groups in total. The molecular weight excluding hydrogens is 128 g/mol. The van der Waals surface area contributed by atoms with E-state index >= 15 is 0 Å². The van der Waals surface area contributed by atoms with Crippen LogP contribution in [-0.2, 0) is 0 Å². The molecule has 0 saturated carbocycles. The Kier molecular flexibility index (Phi) is 2.48. The molecule has 1 aromatic heterocycles. The van der Waals surface area contributed by atoms with Gasteiger partial charge in [-0.25, -0.2) is 0 Å². The minimum Gasteiger partial charge on any atom is -0.472 e. The van der Waals surface area contributed by atoms with Crippen LogP contribution in [-0.4, -0.2) is 0 Å². The Bertz CT molecular complexity index is 168. The van der Waals surface area contributed by atoms with E-state index in [-0.39, 0.29) is 6.04 Å². The summed E-state index contributed by atoms with van der Waals surface area (Å²) in [5.74, 6) is 5.28. The predicted octanol–water partition coefficient (Wildman–Crippen LogP) is 1.19. The average molecular weight is 140 g/mol. The van der Waals surface area contributed by atoms with Crippen molar-refractivity contribution in [2.24, 2.45) is 5.84 Å². The molecule has 56 valence electrons. The summed E-state index contributed by atoms with van der Waals surface area (Å²) in [6.45, 7) is 2.07. The smallest absolute Gasteiger partial charge is 0.0950 e. The van der Waals surface area contributed by atoms with Gasteiger partial charge in [-0.15, -0.1) is 0 Å². The van der Waals surface area contributed by atoms with Crippen molar-refractivity contribution in [3.05, 3.63) is 24.2 Å². The fraction of sp³-hybridized carbons (Fsp3) is 0.429. The summed E-state index contributed by atoms with van der Waals surface area (Å²) in [6.07, 6.45) is 4.32. The third kappa shape index (κ3) is 1.37. The zero-order valence-corrected chi connectivity index (χ0v) is 6.00. The number of nitrogens with two attached hydrogens (primary N) is 1. The van der Waals surface area contributed by atoms with Gasteiger partial charge in [0.2, 0.25) is 0 Å². The van der Waals surface area contributed by atoms with Crippen LogP contribution in [0.25, 0.3) is 0 Å². The van der Waals surface area contributed by atoms with E-state index in [1.54, 1.807) is 12.5 Å². The Balaban J connectivity index is 2.64. The van der Waals surface area contributed by atoms with Gasteiger partial charge in [-0.2, -0.15) is 0 Å². The molecule has 0 amide bonds. The van der Waals surface area contributed by atoms with Crippen LogP contribution < -0.4 is 11.3 Å². The molecule has 1 rings (SSSR count). The Morgan fingerprint density at radius 1 is 1.80 bits per heavy atom. The van der Waals surface area contributed by atoms with Crippen molar-refractivity contribution in [2.75, 3.05) is 0 Å². The first-order valence-corrected chi connectivity index (χ1v) is 3.36. The van der Waals surface area contributed by atoms with Crippen molar-refractivity contribution < 1.29 is 4.42 Å². The summed E-state index contributed by atoms with van der Waals surface area (Å²) in [6, 6.07) is 2.13. The zero-order chi connectivity index (χ0) is 7.40. The maximum atomic E-state index is 5.28. The monoisotopic (exact) mass is 140 g/mol. The minimum atomic E-state index is 0.221. The summed E-state index contributed by atoms with van der Waals surface area (Å²) in [5.41, 5.74) is 3.80. The molecule has 0 spiro atoms. The highest BCUT2D eigenvalue weighted by Gasteiger charge is 2.06. The van der Waals surface area contributed by atoms with E-state index in [1.807, 2.05) is 6.07 Å². The third-order valence-electron chi connectivity index (χ3n) is 1.55. The molecule has 1 atom stereocenters. The first kappa shape index (κ1) is 7.31. The van der Waals surface area contributed by atoms with Crippen molar-refractivity contribution in [3.63, 3.8) is 0 Å². The first-order valence-electron chi connectivity index (χ1n) is 3.36. The van der Waals surface area contributed by atoms with Crippen molar-refractivity contribution >= 4 is 0 Å². The number of hydrazine groups is 1. The highest BCUT2D eigenvalue weighted by Crippen LogP contribution is 2.14. The first-order chi connectivity index (χ1) is 4.88. The van der Waals surface area contributed by atoms with Crippen LogP contribution >= 0.6 is 0 Å². The van der Waals surface area contributed by atoms with Gasteiger partial charge in [-0.3, -0.25) is 11.3 Å². The standard InChI is InChI=1S/C7H12N2O/c1-2-7(9-8)6-3-4-10-5-6/h3-5,7,9H,2,8H2,1H3. The second-order valence-corrected chi connectivity index (χ2v) is 2.18. The molecule has 0 aliphatic heterocycles. The van der Waals surface area contributed by atoms with Crippen LogP contribution in [0.1, 0.15) is 24.9 Å². The van der Waals surface area contributed by atoms with Crippen LogP contribution in [0.15, 0.2) is 23.0 Å². The average Bonchev–Trinajstić information content (AvgIpc) is 2.43. The molecule has 0 fully saturated rings. The molecule has 3 heteroatoms. The molecule has 1 heterocycles. The summed E-state index contributed by atoms with van der Waals surface area (Å²) >= 11 is 0. The fourth-order valence-corrected chi connectivity index (χ4v) is 0.923. The second-order valence-electron chi connectivity index (χ2n) is 2.18. The predicted molar refractivity (Wildman–Crippen MR) is 39.1 cm³/mol. The second kappa shape index (κ2) is 3.39. The number of nitrogens with one attached hydrogen (secondary N) is 1. The van der Waals surface area contributed by atoms with Gasteiger partial charge in [0, 0.05) is 11.6 Å². The summed E-state index contributed by atoms with van der Waals surface area (Å²) in [5, 5.41) is 0. The topological polar surface area (TPSA) is 51.2 Å². The van der Waals surface area contributed by atoms with E-state index in [0.29, 0.717) is 0 Å². The summed E-state index contributed by atoms with van der Waals surface area (Å²) in [4.78, 5) is 0. The number of hydrogen-bond acceptors (Lipinski definition) is 3. The van der Waals surface area contributed by atoms with Gasteiger partial charge in [0.1, 0.15) is 0 Å². The molecule has 0 aliphatic rings. The number of hydrogen-bond donors (Lipinski definition) is 2. The SMILES string of the molecule is CCC(NN)c1ccoc1. The summed E-state index contributed by atoms with van der Waals surface area (Å²) < 4.78 is 4.90. The molecule has 0 bridgehead atoms. The van der Waals surface area contributed by atoms with Crippen LogP contribution in [0.3, 0.4) is 0 Å². The lowest BCUT2D eigenvalue weighted by Crippen LogP contribution is -2.26. The van der Waals surface area contributed by atoms with Gasteiger partial charge in [0.05, 0.1) is 12.5 Å². The Hall–Kier alpha value is -0.800. The number of rotatable bonds is 3. The minimum absolute atomic E-state index is 0.221. The lowest BCUT2D eigenvalue weighted by Gasteiger charge is -2.09. The maximum Gasteiger partial charge on any atom is 0.0950 e. The van der Waals surface area contributed by atoms with E-state index in [4.69, 9.17) is 10.3 Å². The summed E-state index contributed by atoms with van der Waals surface area (Å²) in [7, 11) is 0. The quantitative estimate of drug-likeness (QED) is 0.490. The molecular formula is C7H12N2O. The lowest BCUT2D eigenvalue weighted by molar-refractivity contribution is 0.517. The molecule has 10 heavy (non-hydrogen) atoms. The van der Waals surface area contributed by atoms with E-state index in [9.17, 15) is 0 Å². The van der Waals surface area contributed by atoms with Crippen LogP contribution in [0.5, 0.6) is 0 Å². The van der Waals surface area contributed by atoms with Gasteiger partial charge in [-0.05, 0) is 12.5 Å². The van der Waals surface area contributed by atoms with Gasteiger partial charge in [0.25, 0.3) is 0 Å². The van der Waals surface area contributed by atoms with E-state index in [1.165, 1.54) is 0 Å². The molecule has 1 aromatic rings. The highest BCUT2D eigenvalue weighted by atomic mass is 16.3. The highest BCUT2D eigenvalue weighted by molar-refractivity contribution is 5.10. The fourth-order valence-electron chi connectivity index (χ4n) is 0.923. The number of furan rings is 1. The van der Waals surface area contributed by atoms with Crippen molar-refractivity contribution in [1.82, 2.24) is 5.43 Å².